The fourth-order valence-electron chi connectivity index (χ4n) is 2.11. The maximum absolute atomic E-state index is 12.0. The van der Waals surface area contributed by atoms with Crippen LogP contribution in [-0.2, 0) is 4.79 Å². The van der Waals surface area contributed by atoms with Crippen molar-refractivity contribution in [2.24, 2.45) is 0 Å². The monoisotopic (exact) mass is 277 g/mol. The Morgan fingerprint density at radius 1 is 1.37 bits per heavy atom. The van der Waals surface area contributed by atoms with Gasteiger partial charge in [0.1, 0.15) is 0 Å². The van der Waals surface area contributed by atoms with E-state index in [1.807, 2.05) is 6.07 Å². The number of rotatable bonds is 2. The fraction of sp³-hybridized carbons (Fsp3) is 0.400. The highest BCUT2D eigenvalue weighted by Gasteiger charge is 2.21. The van der Waals surface area contributed by atoms with E-state index in [9.17, 15) is 4.79 Å². The second-order valence-corrected chi connectivity index (χ2v) is 4.88. The van der Waals surface area contributed by atoms with Gasteiger partial charge in [-0.25, -0.2) is 0 Å². The number of amides is 1. The van der Waals surface area contributed by atoms with E-state index in [4.69, 9.17) is 16.7 Å². The molecule has 0 spiro atoms. The summed E-state index contributed by atoms with van der Waals surface area (Å²) in [6.45, 7) is 0.756. The molecule has 1 N–H and O–H groups in total. The molecule has 1 aliphatic heterocycles. The van der Waals surface area contributed by atoms with E-state index >= 15 is 0 Å². The molecular weight excluding hydrogens is 262 g/mol. The molecule has 1 aromatic rings. The van der Waals surface area contributed by atoms with Gasteiger partial charge in [0.15, 0.2) is 0 Å². The second-order valence-electron chi connectivity index (χ2n) is 4.44. The predicted molar refractivity (Wildman–Crippen MR) is 76.2 cm³/mol. The van der Waals surface area contributed by atoms with Crippen LogP contribution in [0.2, 0.25) is 5.02 Å². The van der Waals surface area contributed by atoms with Gasteiger partial charge < -0.3 is 10.0 Å². The van der Waals surface area contributed by atoms with E-state index in [2.05, 4.69) is 11.8 Å². The van der Waals surface area contributed by atoms with Crippen molar-refractivity contribution in [3.8, 4) is 11.8 Å². The van der Waals surface area contributed by atoms with Crippen LogP contribution >= 0.6 is 11.6 Å². The van der Waals surface area contributed by atoms with Crippen molar-refractivity contribution in [1.82, 2.24) is 0 Å². The zero-order chi connectivity index (χ0) is 13.7. The smallest absolute Gasteiger partial charge is 0.227 e. The molecule has 1 aromatic carbocycles. The Labute approximate surface area is 118 Å². The summed E-state index contributed by atoms with van der Waals surface area (Å²) in [7, 11) is 0. The highest BCUT2D eigenvalue weighted by Crippen LogP contribution is 2.27. The van der Waals surface area contributed by atoms with Crippen LogP contribution in [0, 0.1) is 11.8 Å². The maximum atomic E-state index is 12.0. The molecule has 3 nitrogen and oxygen atoms in total. The van der Waals surface area contributed by atoms with Crippen molar-refractivity contribution >= 4 is 23.2 Å². The zero-order valence-electron chi connectivity index (χ0n) is 10.7. The van der Waals surface area contributed by atoms with Crippen LogP contribution in [0.5, 0.6) is 0 Å². The van der Waals surface area contributed by atoms with E-state index in [1.54, 1.807) is 17.0 Å². The lowest BCUT2D eigenvalue weighted by Gasteiger charge is -2.27. The van der Waals surface area contributed by atoms with Gasteiger partial charge in [-0.1, -0.05) is 23.4 Å². The molecule has 1 amide bonds. The number of aliphatic hydroxyl groups excluding tert-OH is 1. The van der Waals surface area contributed by atoms with Gasteiger partial charge in [0.25, 0.3) is 0 Å². The van der Waals surface area contributed by atoms with Gasteiger partial charge in [-0.05, 0) is 31.0 Å². The molecule has 0 atom stereocenters. The molecule has 19 heavy (non-hydrogen) atoms. The maximum Gasteiger partial charge on any atom is 0.227 e. The molecule has 2 rings (SSSR count). The summed E-state index contributed by atoms with van der Waals surface area (Å²) in [5.74, 6) is 6.00. The van der Waals surface area contributed by atoms with Gasteiger partial charge in [0.2, 0.25) is 5.91 Å². The van der Waals surface area contributed by atoms with E-state index in [0.717, 1.165) is 24.1 Å². The Morgan fingerprint density at radius 3 is 2.95 bits per heavy atom. The quantitative estimate of drug-likeness (QED) is 0.844. The van der Waals surface area contributed by atoms with E-state index in [1.165, 1.54) is 0 Å². The fourth-order valence-corrected chi connectivity index (χ4v) is 2.27. The number of benzene rings is 1. The summed E-state index contributed by atoms with van der Waals surface area (Å²) in [4.78, 5) is 13.7. The van der Waals surface area contributed by atoms with E-state index < -0.39 is 0 Å². The van der Waals surface area contributed by atoms with Gasteiger partial charge in [-0.3, -0.25) is 4.79 Å². The normalized spacial score (nSPS) is 15.1. The molecule has 1 heterocycles. The number of anilines is 1. The molecule has 0 aliphatic carbocycles. The highest BCUT2D eigenvalue weighted by atomic mass is 35.5. The first-order chi connectivity index (χ1) is 9.22. The Balaban J connectivity index is 2.34. The lowest BCUT2D eigenvalue weighted by atomic mass is 10.1. The van der Waals surface area contributed by atoms with Gasteiger partial charge >= 0.3 is 0 Å². The number of nitrogens with zero attached hydrogens (tertiary/aromatic N) is 1. The van der Waals surface area contributed by atoms with Crippen molar-refractivity contribution < 1.29 is 9.90 Å². The number of aliphatic hydroxyl groups is 1. The minimum atomic E-state index is 0.0402. The molecule has 0 bridgehead atoms. The summed E-state index contributed by atoms with van der Waals surface area (Å²) < 4.78 is 0. The first-order valence-electron chi connectivity index (χ1n) is 6.42. The summed E-state index contributed by atoms with van der Waals surface area (Å²) in [6.07, 6.45) is 2.95. The third-order valence-electron chi connectivity index (χ3n) is 3.03. The van der Waals surface area contributed by atoms with Gasteiger partial charge in [-0.15, -0.1) is 0 Å². The van der Waals surface area contributed by atoms with Crippen LogP contribution in [-0.4, -0.2) is 24.2 Å². The number of carbonyl (C=O) groups excluding carboxylic acids is 1. The minimum absolute atomic E-state index is 0.0402. The van der Waals surface area contributed by atoms with Crippen LogP contribution < -0.4 is 4.90 Å². The summed E-state index contributed by atoms with van der Waals surface area (Å²) in [5.41, 5.74) is 1.57. The zero-order valence-corrected chi connectivity index (χ0v) is 11.4. The predicted octanol–water partition coefficient (Wildman–Crippen LogP) is 2.59. The molecule has 1 fully saturated rings. The molecule has 100 valence electrons. The lowest BCUT2D eigenvalue weighted by molar-refractivity contribution is -0.119. The summed E-state index contributed by atoms with van der Waals surface area (Å²) in [6, 6.07) is 5.38. The van der Waals surface area contributed by atoms with Gasteiger partial charge in [0, 0.05) is 30.0 Å². The van der Waals surface area contributed by atoms with Crippen molar-refractivity contribution in [2.45, 2.75) is 25.7 Å². The largest absolute Gasteiger partial charge is 0.395 e. The van der Waals surface area contributed by atoms with Crippen LogP contribution in [0.15, 0.2) is 18.2 Å². The molecule has 0 aromatic heterocycles. The van der Waals surface area contributed by atoms with Crippen molar-refractivity contribution in [2.75, 3.05) is 18.1 Å². The first-order valence-corrected chi connectivity index (χ1v) is 6.80. The van der Waals surface area contributed by atoms with Crippen LogP contribution in [0.4, 0.5) is 5.69 Å². The minimum Gasteiger partial charge on any atom is -0.395 e. The van der Waals surface area contributed by atoms with Crippen LogP contribution in [0.1, 0.15) is 31.2 Å². The van der Waals surface area contributed by atoms with E-state index in [0.29, 0.717) is 24.4 Å². The number of hydrogen-bond donors (Lipinski definition) is 1. The number of piperidine rings is 1. The number of halogens is 1. The third kappa shape index (κ3) is 3.50. The van der Waals surface area contributed by atoms with Crippen molar-refractivity contribution in [3.63, 3.8) is 0 Å². The van der Waals surface area contributed by atoms with Gasteiger partial charge in [-0.2, -0.15) is 0 Å². The summed E-state index contributed by atoms with van der Waals surface area (Å²) >= 11 is 6.02. The van der Waals surface area contributed by atoms with Crippen LogP contribution in [0.3, 0.4) is 0 Å². The molecule has 0 saturated carbocycles. The molecule has 4 heteroatoms. The Morgan fingerprint density at radius 2 is 2.21 bits per heavy atom. The SMILES string of the molecule is O=C1CCCCN1c1cc(Cl)ccc1C#CCCO. The summed E-state index contributed by atoms with van der Waals surface area (Å²) in [5, 5.41) is 9.36. The second kappa shape index (κ2) is 6.60. The standard InChI is InChI=1S/C15H16ClNO2/c16-13-8-7-12(5-2-4-10-18)14(11-13)17-9-3-1-6-15(17)19/h7-8,11,18H,1,3-4,6,9-10H2. The topological polar surface area (TPSA) is 40.5 Å². The molecule has 1 saturated heterocycles. The number of carbonyl (C=O) groups is 1. The number of hydrogen-bond acceptors (Lipinski definition) is 2. The third-order valence-corrected chi connectivity index (χ3v) is 3.27. The van der Waals surface area contributed by atoms with Crippen molar-refractivity contribution in [1.29, 1.82) is 0 Å². The van der Waals surface area contributed by atoms with Crippen molar-refractivity contribution in [3.05, 3.63) is 28.8 Å². The average molecular weight is 278 g/mol. The first kappa shape index (κ1) is 13.9. The Bertz CT molecular complexity index is 531. The molecule has 0 unspecified atom stereocenters. The Kier molecular flexibility index (Phi) is 4.84. The molecular formula is C15H16ClNO2. The molecule has 1 aliphatic rings. The highest BCUT2D eigenvalue weighted by molar-refractivity contribution is 6.31. The molecule has 0 radical (unpaired) electrons. The Hall–Kier alpha value is -1.50. The lowest BCUT2D eigenvalue weighted by Crippen LogP contribution is -2.35. The van der Waals surface area contributed by atoms with E-state index in [-0.39, 0.29) is 12.5 Å². The average Bonchev–Trinajstić information content (AvgIpc) is 2.41. The van der Waals surface area contributed by atoms with Crippen LogP contribution in [0.25, 0.3) is 0 Å². The van der Waals surface area contributed by atoms with Gasteiger partial charge in [0.05, 0.1) is 12.3 Å².